The number of aliphatic carboxylic acids is 1. The van der Waals surface area contributed by atoms with Crippen LogP contribution in [0, 0.1) is 5.92 Å². The van der Waals surface area contributed by atoms with Gasteiger partial charge >= 0.3 is 12.1 Å². The third kappa shape index (κ3) is 5.98. The first-order chi connectivity index (χ1) is 16.9. The Hall–Kier alpha value is -3.88. The van der Waals surface area contributed by atoms with Crippen LogP contribution in [0.15, 0.2) is 48.5 Å². The lowest BCUT2D eigenvalue weighted by Crippen LogP contribution is -2.53. The lowest BCUT2D eigenvalue weighted by atomic mass is 9.94. The molecule has 0 spiro atoms. The van der Waals surface area contributed by atoms with Crippen molar-refractivity contribution < 1.29 is 29.0 Å². The molecule has 2 aliphatic rings. The summed E-state index contributed by atoms with van der Waals surface area (Å²) in [6.45, 7) is 0.871. The smallest absolute Gasteiger partial charge is 0.407 e. The molecule has 3 amide bonds. The normalized spacial score (nSPS) is 14.5. The number of fused-ring (bicyclic) bond motifs is 3. The number of carbonyl (C=O) groups excluding carboxylic acids is 3. The van der Waals surface area contributed by atoms with E-state index in [1.807, 2.05) is 36.4 Å². The molecule has 35 heavy (non-hydrogen) atoms. The van der Waals surface area contributed by atoms with Gasteiger partial charge in [0.05, 0.1) is 6.54 Å². The minimum absolute atomic E-state index is 0.0657. The van der Waals surface area contributed by atoms with E-state index in [-0.39, 0.29) is 37.9 Å². The number of hydrogen-bond donors (Lipinski definition) is 3. The number of nitrogens with zero attached hydrogens (tertiary/aromatic N) is 1. The molecule has 1 fully saturated rings. The van der Waals surface area contributed by atoms with Crippen LogP contribution in [0.3, 0.4) is 0 Å². The van der Waals surface area contributed by atoms with Crippen LogP contribution in [0.1, 0.15) is 36.3 Å². The topological polar surface area (TPSA) is 125 Å². The molecule has 0 atom stereocenters. The summed E-state index contributed by atoms with van der Waals surface area (Å²) < 4.78 is 5.40. The number of likely N-dealkylation sites (tertiary alicyclic amines) is 1. The Balaban J connectivity index is 1.14. The number of carboxylic acid groups (broad SMARTS) is 1. The Labute approximate surface area is 203 Å². The highest BCUT2D eigenvalue weighted by molar-refractivity contribution is 5.87. The fourth-order valence-electron chi connectivity index (χ4n) is 4.65. The van der Waals surface area contributed by atoms with Crippen LogP contribution in [0.25, 0.3) is 11.1 Å². The Bertz CT molecular complexity index is 1070. The Morgan fingerprint density at radius 2 is 1.54 bits per heavy atom. The van der Waals surface area contributed by atoms with Gasteiger partial charge in [0.2, 0.25) is 11.8 Å². The second-order valence-electron chi connectivity index (χ2n) is 8.91. The molecule has 184 valence electrons. The van der Waals surface area contributed by atoms with E-state index in [1.165, 1.54) is 0 Å². The second-order valence-corrected chi connectivity index (χ2v) is 8.91. The summed E-state index contributed by atoms with van der Waals surface area (Å²) in [4.78, 5) is 48.5. The molecular formula is C26H29N3O6. The number of amides is 3. The van der Waals surface area contributed by atoms with Crippen molar-refractivity contribution in [2.24, 2.45) is 5.92 Å². The van der Waals surface area contributed by atoms with Crippen molar-refractivity contribution in [2.45, 2.75) is 25.2 Å². The third-order valence-corrected chi connectivity index (χ3v) is 6.49. The minimum atomic E-state index is -0.813. The molecule has 0 saturated carbocycles. The number of benzene rings is 2. The third-order valence-electron chi connectivity index (χ3n) is 6.49. The molecule has 1 aliphatic carbocycles. The molecule has 9 heteroatoms. The molecular weight excluding hydrogens is 450 g/mol. The first-order valence-electron chi connectivity index (χ1n) is 11.8. The van der Waals surface area contributed by atoms with E-state index >= 15 is 0 Å². The molecule has 1 heterocycles. The number of nitrogens with one attached hydrogen (secondary N) is 2. The highest BCUT2D eigenvalue weighted by Gasteiger charge is 2.30. The van der Waals surface area contributed by atoms with Crippen LogP contribution < -0.4 is 10.6 Å². The lowest BCUT2D eigenvalue weighted by molar-refractivity contribution is -0.139. The average Bonchev–Trinajstić information content (AvgIpc) is 3.15. The maximum Gasteiger partial charge on any atom is 0.407 e. The SMILES string of the molecule is O=C(O)CCCC1CN(C(=O)CNC(=O)CNC(=O)OCC2c3ccccc3-c3ccccc32)C1. The number of ether oxygens (including phenoxy) is 1. The van der Waals surface area contributed by atoms with E-state index in [2.05, 4.69) is 22.8 Å². The van der Waals surface area contributed by atoms with Crippen LogP contribution in [0.2, 0.25) is 0 Å². The number of hydrogen-bond acceptors (Lipinski definition) is 5. The van der Waals surface area contributed by atoms with Crippen LogP contribution in [-0.2, 0) is 19.1 Å². The molecule has 3 N–H and O–H groups in total. The summed E-state index contributed by atoms with van der Waals surface area (Å²) >= 11 is 0. The summed E-state index contributed by atoms with van der Waals surface area (Å²) in [5.74, 6) is -1.25. The molecule has 2 aromatic carbocycles. The first kappa shape index (κ1) is 24.3. The maximum absolute atomic E-state index is 12.2. The predicted octanol–water partition coefficient (Wildman–Crippen LogP) is 2.35. The predicted molar refractivity (Wildman–Crippen MR) is 128 cm³/mol. The Morgan fingerprint density at radius 1 is 0.914 bits per heavy atom. The second kappa shape index (κ2) is 11.0. The van der Waals surface area contributed by atoms with Crippen LogP contribution in [0.5, 0.6) is 0 Å². The van der Waals surface area contributed by atoms with Gasteiger partial charge in [-0.25, -0.2) is 4.79 Å². The number of alkyl carbamates (subject to hydrolysis) is 1. The molecule has 0 unspecified atom stereocenters. The van der Waals surface area contributed by atoms with E-state index < -0.39 is 18.0 Å². The van der Waals surface area contributed by atoms with Crippen LogP contribution >= 0.6 is 0 Å². The lowest BCUT2D eigenvalue weighted by Gasteiger charge is -2.39. The van der Waals surface area contributed by atoms with E-state index in [4.69, 9.17) is 9.84 Å². The zero-order chi connectivity index (χ0) is 24.8. The van der Waals surface area contributed by atoms with E-state index in [0.717, 1.165) is 28.7 Å². The molecule has 1 aliphatic heterocycles. The Morgan fingerprint density at radius 3 is 2.17 bits per heavy atom. The summed E-state index contributed by atoms with van der Waals surface area (Å²) in [7, 11) is 0. The monoisotopic (exact) mass is 479 g/mol. The average molecular weight is 480 g/mol. The fraction of sp³-hybridized carbons (Fsp3) is 0.385. The first-order valence-corrected chi connectivity index (χ1v) is 11.8. The molecule has 2 aromatic rings. The highest BCUT2D eigenvalue weighted by Crippen LogP contribution is 2.44. The highest BCUT2D eigenvalue weighted by atomic mass is 16.5. The summed E-state index contributed by atoms with van der Waals surface area (Å²) in [6, 6.07) is 16.1. The van der Waals surface area contributed by atoms with Crippen molar-refractivity contribution in [3.8, 4) is 11.1 Å². The van der Waals surface area contributed by atoms with Gasteiger partial charge in [-0.3, -0.25) is 14.4 Å². The molecule has 0 aromatic heterocycles. The van der Waals surface area contributed by atoms with Gasteiger partial charge in [0.15, 0.2) is 0 Å². The number of carbonyl (C=O) groups is 4. The van der Waals surface area contributed by atoms with E-state index in [9.17, 15) is 19.2 Å². The van der Waals surface area contributed by atoms with Gasteiger partial charge in [-0.05, 0) is 41.0 Å². The summed E-state index contributed by atoms with van der Waals surface area (Å²) in [5.41, 5.74) is 4.48. The van der Waals surface area contributed by atoms with Gasteiger partial charge in [0.1, 0.15) is 13.2 Å². The number of rotatable bonds is 10. The zero-order valence-electron chi connectivity index (χ0n) is 19.4. The summed E-state index contributed by atoms with van der Waals surface area (Å²) in [5, 5.41) is 13.6. The fourth-order valence-corrected chi connectivity index (χ4v) is 4.65. The van der Waals surface area contributed by atoms with Gasteiger partial charge in [0.25, 0.3) is 0 Å². The van der Waals surface area contributed by atoms with Crippen molar-refractivity contribution in [2.75, 3.05) is 32.8 Å². The van der Waals surface area contributed by atoms with Crippen molar-refractivity contribution in [1.82, 2.24) is 15.5 Å². The largest absolute Gasteiger partial charge is 0.481 e. The molecule has 1 saturated heterocycles. The maximum atomic E-state index is 12.2. The minimum Gasteiger partial charge on any atom is -0.481 e. The van der Waals surface area contributed by atoms with Gasteiger partial charge in [-0.15, -0.1) is 0 Å². The van der Waals surface area contributed by atoms with Gasteiger partial charge in [-0.1, -0.05) is 48.5 Å². The number of carboxylic acids is 1. The quantitative estimate of drug-likeness (QED) is 0.480. The Kier molecular flexibility index (Phi) is 7.64. The molecule has 0 bridgehead atoms. The van der Waals surface area contributed by atoms with Crippen molar-refractivity contribution in [3.05, 3.63) is 59.7 Å². The van der Waals surface area contributed by atoms with Gasteiger partial charge < -0.3 is 25.4 Å². The van der Waals surface area contributed by atoms with E-state index in [0.29, 0.717) is 25.4 Å². The summed E-state index contributed by atoms with van der Waals surface area (Å²) in [6.07, 6.45) is 0.810. The molecule has 4 rings (SSSR count). The van der Waals surface area contributed by atoms with Crippen LogP contribution in [-0.4, -0.2) is 66.7 Å². The van der Waals surface area contributed by atoms with Crippen molar-refractivity contribution in [3.63, 3.8) is 0 Å². The zero-order valence-corrected chi connectivity index (χ0v) is 19.4. The van der Waals surface area contributed by atoms with Gasteiger partial charge in [-0.2, -0.15) is 0 Å². The standard InChI is InChI=1S/C26H29N3O6/c30-23(27-13-24(31)29-14-17(15-29)6-5-11-25(32)33)12-28-26(34)35-16-22-20-9-3-1-7-18(20)19-8-2-4-10-21(19)22/h1-4,7-10,17,22H,5-6,11-16H2,(H,27,30)(H,28,34)(H,32,33). The van der Waals surface area contributed by atoms with Crippen LogP contribution in [0.4, 0.5) is 4.79 Å². The van der Waals surface area contributed by atoms with Crippen molar-refractivity contribution in [1.29, 1.82) is 0 Å². The van der Waals surface area contributed by atoms with E-state index in [1.54, 1.807) is 4.90 Å². The molecule has 9 nitrogen and oxygen atoms in total. The molecule has 0 radical (unpaired) electrons. The van der Waals surface area contributed by atoms with Gasteiger partial charge in [0, 0.05) is 25.4 Å². The van der Waals surface area contributed by atoms with Crippen molar-refractivity contribution >= 4 is 23.9 Å².